The number of carbonyl (C=O) groups is 1. The van der Waals surface area contributed by atoms with Crippen molar-refractivity contribution in [3.05, 3.63) is 38.7 Å². The number of aromatic nitrogens is 1. The van der Waals surface area contributed by atoms with Gasteiger partial charge in [-0.3, -0.25) is 14.9 Å². The number of non-ortho nitro benzene ring substituents is 1. The molecule has 1 unspecified atom stereocenters. The second kappa shape index (κ2) is 8.90. The Bertz CT molecular complexity index is 1310. The van der Waals surface area contributed by atoms with E-state index in [1.807, 2.05) is 0 Å². The molecule has 1 aliphatic rings. The number of thiazole rings is 1. The van der Waals surface area contributed by atoms with Gasteiger partial charge >= 0.3 is 0 Å². The van der Waals surface area contributed by atoms with Crippen LogP contribution in [0.4, 0.5) is 10.8 Å². The van der Waals surface area contributed by atoms with Gasteiger partial charge in [0, 0.05) is 12.6 Å². The van der Waals surface area contributed by atoms with E-state index in [1.54, 1.807) is 0 Å². The van der Waals surface area contributed by atoms with Gasteiger partial charge in [-0.25, -0.2) is 13.4 Å². The first-order valence-corrected chi connectivity index (χ1v) is 12.9. The molecule has 1 fully saturated rings. The highest BCUT2D eigenvalue weighted by Crippen LogP contribution is 2.37. The van der Waals surface area contributed by atoms with Crippen LogP contribution in [0.3, 0.4) is 0 Å². The van der Waals surface area contributed by atoms with Crippen LogP contribution in [0.15, 0.2) is 28.5 Å². The number of benzene rings is 1. The van der Waals surface area contributed by atoms with Crippen LogP contribution in [0.2, 0.25) is 4.34 Å². The Labute approximate surface area is 196 Å². The van der Waals surface area contributed by atoms with Gasteiger partial charge in [0.15, 0.2) is 10.9 Å². The third kappa shape index (κ3) is 4.30. The normalized spacial score (nSPS) is 17.4. The fourth-order valence-corrected chi connectivity index (χ4v) is 7.68. The van der Waals surface area contributed by atoms with Crippen molar-refractivity contribution in [2.75, 3.05) is 19.0 Å². The third-order valence-corrected chi connectivity index (χ3v) is 9.50. The molecule has 0 aliphatic carbocycles. The molecule has 1 amide bonds. The van der Waals surface area contributed by atoms with E-state index < -0.39 is 26.9 Å². The molecule has 0 spiro atoms. The number of carbonyl (C=O) groups excluding carboxylic acids is 1. The van der Waals surface area contributed by atoms with Crippen LogP contribution in [0.1, 0.15) is 19.3 Å². The molecule has 1 aromatic carbocycles. The zero-order valence-corrected chi connectivity index (χ0v) is 19.8. The summed E-state index contributed by atoms with van der Waals surface area (Å²) < 4.78 is 33.5. The van der Waals surface area contributed by atoms with Gasteiger partial charge in [-0.15, -0.1) is 11.3 Å². The van der Waals surface area contributed by atoms with Gasteiger partial charge in [0.05, 0.1) is 27.1 Å². The summed E-state index contributed by atoms with van der Waals surface area (Å²) >= 11 is 7.89. The minimum absolute atomic E-state index is 0.0826. The van der Waals surface area contributed by atoms with Crippen molar-refractivity contribution in [1.29, 1.82) is 0 Å². The first-order chi connectivity index (χ1) is 15.2. The van der Waals surface area contributed by atoms with E-state index in [9.17, 15) is 23.3 Å². The van der Waals surface area contributed by atoms with Crippen LogP contribution >= 0.6 is 34.3 Å². The van der Waals surface area contributed by atoms with Crippen molar-refractivity contribution in [3.63, 3.8) is 0 Å². The van der Waals surface area contributed by atoms with Crippen LogP contribution in [-0.2, 0) is 14.8 Å². The minimum Gasteiger partial charge on any atom is -0.494 e. The molecule has 0 saturated carbocycles. The number of nitrogens with one attached hydrogen (secondary N) is 1. The Balaban J connectivity index is 1.62. The number of ether oxygens (including phenoxy) is 1. The molecule has 3 aromatic rings. The number of nitro benzene ring substituents is 1. The highest BCUT2D eigenvalue weighted by atomic mass is 35.5. The smallest absolute Gasteiger partial charge is 0.274 e. The molecule has 10 nitrogen and oxygen atoms in total. The SMILES string of the molecule is COc1cc([N+](=O)[O-])cc2sc(NC(=O)C3CCCCN3S(=O)(=O)c3ccc(Cl)s3)nc12. The Morgan fingerprint density at radius 3 is 2.78 bits per heavy atom. The summed E-state index contributed by atoms with van der Waals surface area (Å²) in [6, 6.07) is 4.64. The lowest BCUT2D eigenvalue weighted by molar-refractivity contribution is -0.384. The van der Waals surface area contributed by atoms with Crippen molar-refractivity contribution in [3.8, 4) is 5.75 Å². The maximum absolute atomic E-state index is 13.1. The lowest BCUT2D eigenvalue weighted by Gasteiger charge is -2.32. The van der Waals surface area contributed by atoms with Gasteiger partial charge in [0.2, 0.25) is 5.91 Å². The summed E-state index contributed by atoms with van der Waals surface area (Å²) in [4.78, 5) is 28.0. The summed E-state index contributed by atoms with van der Waals surface area (Å²) in [6.07, 6.45) is 1.71. The zero-order chi connectivity index (χ0) is 23.0. The fourth-order valence-electron chi connectivity index (χ4n) is 3.49. The number of nitro groups is 1. The summed E-state index contributed by atoms with van der Waals surface area (Å²) in [6.45, 7) is 0.218. The van der Waals surface area contributed by atoms with E-state index >= 15 is 0 Å². The first kappa shape index (κ1) is 22.9. The van der Waals surface area contributed by atoms with Gasteiger partial charge in [-0.1, -0.05) is 29.4 Å². The number of nitrogens with zero attached hydrogens (tertiary/aromatic N) is 3. The highest BCUT2D eigenvalue weighted by Gasteiger charge is 2.38. The maximum Gasteiger partial charge on any atom is 0.274 e. The Kier molecular flexibility index (Phi) is 6.36. The highest BCUT2D eigenvalue weighted by molar-refractivity contribution is 7.91. The van der Waals surface area contributed by atoms with Crippen molar-refractivity contribution >= 4 is 71.2 Å². The molecule has 3 heterocycles. The van der Waals surface area contributed by atoms with Crippen molar-refractivity contribution in [2.24, 2.45) is 0 Å². The summed E-state index contributed by atoms with van der Waals surface area (Å²) in [5.74, 6) is -0.300. The lowest BCUT2D eigenvalue weighted by atomic mass is 10.0. The number of methoxy groups -OCH3 is 1. The molecule has 0 radical (unpaired) electrons. The number of rotatable bonds is 6. The van der Waals surface area contributed by atoms with Crippen molar-refractivity contribution in [2.45, 2.75) is 29.5 Å². The van der Waals surface area contributed by atoms with Crippen LogP contribution < -0.4 is 10.1 Å². The number of anilines is 1. The lowest BCUT2D eigenvalue weighted by Crippen LogP contribution is -2.49. The Morgan fingerprint density at radius 1 is 1.34 bits per heavy atom. The fraction of sp³-hybridized carbons (Fsp3) is 0.333. The van der Waals surface area contributed by atoms with Gasteiger partial charge in [0.1, 0.15) is 15.8 Å². The van der Waals surface area contributed by atoms with Gasteiger partial charge in [-0.2, -0.15) is 4.31 Å². The van der Waals surface area contributed by atoms with Crippen LogP contribution in [0.5, 0.6) is 5.75 Å². The van der Waals surface area contributed by atoms with Crippen LogP contribution in [0, 0.1) is 10.1 Å². The van der Waals surface area contributed by atoms with Crippen molar-refractivity contribution < 1.29 is 22.9 Å². The van der Waals surface area contributed by atoms with E-state index in [1.165, 1.54) is 35.7 Å². The van der Waals surface area contributed by atoms with E-state index in [0.717, 1.165) is 22.7 Å². The zero-order valence-electron chi connectivity index (χ0n) is 16.6. The van der Waals surface area contributed by atoms with E-state index in [4.69, 9.17) is 16.3 Å². The quantitative estimate of drug-likeness (QED) is 0.385. The molecule has 2 aromatic heterocycles. The number of hydrogen-bond donors (Lipinski definition) is 1. The summed E-state index contributed by atoms with van der Waals surface area (Å²) in [5.41, 5.74) is 0.217. The average Bonchev–Trinajstić information content (AvgIpc) is 3.38. The molecule has 1 saturated heterocycles. The van der Waals surface area contributed by atoms with Crippen LogP contribution in [0.25, 0.3) is 10.2 Å². The molecule has 4 rings (SSSR count). The van der Waals surface area contributed by atoms with Crippen molar-refractivity contribution in [1.82, 2.24) is 9.29 Å². The molecular weight excluding hydrogens is 500 g/mol. The standard InChI is InChI=1S/C18H17ClN4O6S3/c1-29-12-8-10(23(25)26)9-13-16(12)20-18(30-13)21-17(24)11-4-2-3-7-22(11)32(27,28)15-6-5-14(19)31-15/h5-6,8-9,11H,2-4,7H2,1H3,(H,20,21,24). The van der Waals surface area contributed by atoms with Gasteiger partial charge in [-0.05, 0) is 25.0 Å². The predicted octanol–water partition coefficient (Wildman–Crippen LogP) is 4.11. The molecule has 14 heteroatoms. The Hall–Kier alpha value is -2.32. The first-order valence-electron chi connectivity index (χ1n) is 9.41. The summed E-state index contributed by atoms with van der Waals surface area (Å²) in [5, 5.41) is 14.0. The number of thiophene rings is 1. The molecular formula is C18H17ClN4O6S3. The number of halogens is 1. The maximum atomic E-state index is 13.1. The number of fused-ring (bicyclic) bond motifs is 1. The van der Waals surface area contributed by atoms with E-state index in [2.05, 4.69) is 10.3 Å². The molecule has 170 valence electrons. The monoisotopic (exact) mass is 516 g/mol. The molecule has 1 aliphatic heterocycles. The molecule has 1 atom stereocenters. The van der Waals surface area contributed by atoms with E-state index in [-0.39, 0.29) is 27.3 Å². The number of hydrogen-bond acceptors (Lipinski definition) is 9. The third-order valence-electron chi connectivity index (χ3n) is 4.97. The molecule has 32 heavy (non-hydrogen) atoms. The summed E-state index contributed by atoms with van der Waals surface area (Å²) in [7, 11) is -2.51. The van der Waals surface area contributed by atoms with Gasteiger partial charge < -0.3 is 10.1 Å². The number of piperidine rings is 1. The minimum atomic E-state index is -3.88. The Morgan fingerprint density at radius 2 is 2.12 bits per heavy atom. The number of amides is 1. The molecule has 0 bridgehead atoms. The second-order valence-corrected chi connectivity index (χ2v) is 11.8. The predicted molar refractivity (Wildman–Crippen MR) is 122 cm³/mol. The van der Waals surface area contributed by atoms with Crippen LogP contribution in [-0.4, -0.2) is 48.2 Å². The number of sulfonamides is 1. The second-order valence-electron chi connectivity index (χ2n) is 6.95. The van der Waals surface area contributed by atoms with Gasteiger partial charge in [0.25, 0.3) is 15.7 Å². The average molecular weight is 517 g/mol. The van der Waals surface area contributed by atoms with E-state index in [0.29, 0.717) is 33.8 Å². The topological polar surface area (TPSA) is 132 Å². The molecule has 1 N–H and O–H groups in total. The largest absolute Gasteiger partial charge is 0.494 e.